The number of rotatable bonds is 10. The number of aliphatic carboxylic acids is 1. The van der Waals surface area contributed by atoms with Crippen LogP contribution in [0.1, 0.15) is 53.4 Å². The lowest BCUT2D eigenvalue weighted by molar-refractivity contribution is -0.169. The molecule has 7 heteroatoms. The van der Waals surface area contributed by atoms with Crippen LogP contribution in [0.25, 0.3) is 12.2 Å². The lowest BCUT2D eigenvalue weighted by atomic mass is 9.79. The molecule has 192 valence electrons. The van der Waals surface area contributed by atoms with Gasteiger partial charge in [0.2, 0.25) is 0 Å². The zero-order valence-corrected chi connectivity index (χ0v) is 21.2. The highest BCUT2D eigenvalue weighted by Gasteiger charge is 2.38. The second-order valence-corrected chi connectivity index (χ2v) is 7.81. The maximum Gasteiger partial charge on any atom is 0.330 e. The molecule has 1 aliphatic carbocycles. The van der Waals surface area contributed by atoms with E-state index in [1.54, 1.807) is 6.07 Å². The molecule has 35 heavy (non-hydrogen) atoms. The Bertz CT molecular complexity index is 993. The van der Waals surface area contributed by atoms with E-state index in [1.165, 1.54) is 0 Å². The highest BCUT2D eigenvalue weighted by Crippen LogP contribution is 2.31. The number of carboxylic acids is 1. The molecule has 1 aromatic carbocycles. The fraction of sp³-hybridized carbons (Fsp3) is 0.464. The molecule has 0 heterocycles. The van der Waals surface area contributed by atoms with Gasteiger partial charge in [0.15, 0.2) is 6.10 Å². The van der Waals surface area contributed by atoms with Crippen LogP contribution in [0.15, 0.2) is 43.0 Å². The molecule has 1 aliphatic rings. The molecule has 3 atom stereocenters. The van der Waals surface area contributed by atoms with Gasteiger partial charge >= 0.3 is 17.9 Å². The number of carboxylic acid groups (broad SMARTS) is 1. The van der Waals surface area contributed by atoms with Crippen molar-refractivity contribution in [3.05, 3.63) is 53.4 Å². The van der Waals surface area contributed by atoms with Gasteiger partial charge in [-0.25, -0.2) is 4.79 Å². The van der Waals surface area contributed by atoms with Gasteiger partial charge in [0.1, 0.15) is 19.0 Å². The van der Waals surface area contributed by atoms with Gasteiger partial charge in [0.25, 0.3) is 0 Å². The Hall–Kier alpha value is -3.35. The van der Waals surface area contributed by atoms with Crippen molar-refractivity contribution < 1.29 is 33.7 Å². The van der Waals surface area contributed by atoms with Crippen LogP contribution in [0.3, 0.4) is 0 Å². The number of ether oxygens (including phenoxy) is 3. The number of benzene rings is 1. The first-order chi connectivity index (χ1) is 16.9. The summed E-state index contributed by atoms with van der Waals surface area (Å²) < 4.78 is 16.5. The third-order valence-electron chi connectivity index (χ3n) is 5.52. The third-order valence-corrected chi connectivity index (χ3v) is 5.52. The van der Waals surface area contributed by atoms with Crippen molar-refractivity contribution in [2.24, 2.45) is 11.8 Å². The second kappa shape index (κ2) is 16.3. The van der Waals surface area contributed by atoms with Crippen LogP contribution in [0, 0.1) is 11.8 Å². The molecule has 0 spiro atoms. The molecule has 7 nitrogen and oxygen atoms in total. The van der Waals surface area contributed by atoms with Crippen molar-refractivity contribution in [2.45, 2.75) is 59.5 Å². The van der Waals surface area contributed by atoms with Crippen molar-refractivity contribution in [3.8, 4) is 5.75 Å². The maximum atomic E-state index is 12.8. The smallest absolute Gasteiger partial charge is 0.330 e. The molecule has 1 fully saturated rings. The van der Waals surface area contributed by atoms with Gasteiger partial charge < -0.3 is 19.3 Å². The predicted molar refractivity (Wildman–Crippen MR) is 136 cm³/mol. The van der Waals surface area contributed by atoms with E-state index in [2.05, 4.69) is 6.58 Å². The lowest BCUT2D eigenvalue weighted by Crippen LogP contribution is -2.38. The monoisotopic (exact) mass is 486 g/mol. The molecule has 0 saturated heterocycles. The van der Waals surface area contributed by atoms with Crippen LogP contribution < -0.4 is 15.2 Å². The largest absolute Gasteiger partial charge is 0.490 e. The molecule has 0 aromatic heterocycles. The quantitative estimate of drug-likeness (QED) is 0.397. The summed E-state index contributed by atoms with van der Waals surface area (Å²) in [4.78, 5) is 35.8. The van der Waals surface area contributed by atoms with Crippen LogP contribution in [0.4, 0.5) is 0 Å². The van der Waals surface area contributed by atoms with Crippen molar-refractivity contribution in [1.29, 1.82) is 0 Å². The van der Waals surface area contributed by atoms with Crippen LogP contribution in [-0.2, 0) is 23.9 Å². The van der Waals surface area contributed by atoms with E-state index >= 15 is 0 Å². The highest BCUT2D eigenvalue weighted by atomic mass is 16.6. The molecule has 1 saturated carbocycles. The van der Waals surface area contributed by atoms with E-state index in [-0.39, 0.29) is 13.2 Å². The number of hydrogen-bond acceptors (Lipinski definition) is 6. The molecular weight excluding hydrogens is 448 g/mol. The highest BCUT2D eigenvalue weighted by molar-refractivity contribution is 5.82. The van der Waals surface area contributed by atoms with Crippen LogP contribution >= 0.6 is 0 Å². The van der Waals surface area contributed by atoms with Crippen molar-refractivity contribution in [3.63, 3.8) is 0 Å². The summed E-state index contributed by atoms with van der Waals surface area (Å²) >= 11 is 0. The van der Waals surface area contributed by atoms with E-state index in [9.17, 15) is 19.5 Å². The molecule has 2 rings (SSSR count). The van der Waals surface area contributed by atoms with Crippen LogP contribution in [0.5, 0.6) is 5.75 Å². The molecule has 1 aromatic rings. The Balaban J connectivity index is 0.00000298. The summed E-state index contributed by atoms with van der Waals surface area (Å²) in [5.74, 6) is -3.18. The zero-order chi connectivity index (χ0) is 26.2. The Morgan fingerprint density at radius 1 is 1.09 bits per heavy atom. The third kappa shape index (κ3) is 9.81. The average Bonchev–Trinajstić information content (AvgIpc) is 2.89. The minimum Gasteiger partial charge on any atom is -0.490 e. The fourth-order valence-corrected chi connectivity index (χ4v) is 3.74. The first-order valence-corrected chi connectivity index (χ1v) is 12.1. The van der Waals surface area contributed by atoms with E-state index in [0.29, 0.717) is 18.6 Å². The molecule has 3 unspecified atom stereocenters. The van der Waals surface area contributed by atoms with Crippen LogP contribution in [-0.4, -0.2) is 42.3 Å². The lowest BCUT2D eigenvalue weighted by Gasteiger charge is -2.28. The summed E-state index contributed by atoms with van der Waals surface area (Å²) in [6.45, 7) is 10.9. The van der Waals surface area contributed by atoms with Gasteiger partial charge in [0.05, 0.1) is 11.8 Å². The Morgan fingerprint density at radius 3 is 2.37 bits per heavy atom. The summed E-state index contributed by atoms with van der Waals surface area (Å²) in [6.07, 6.45) is 10.4. The number of carbonyl (C=O) groups excluding carboxylic acids is 2. The van der Waals surface area contributed by atoms with Crippen LogP contribution in [0.2, 0.25) is 0 Å². The number of allylic oxidation sites excluding steroid dienone is 2. The number of carbonyl (C=O) groups is 3. The van der Waals surface area contributed by atoms with E-state index in [1.807, 2.05) is 64.1 Å². The van der Waals surface area contributed by atoms with Crippen molar-refractivity contribution in [2.75, 3.05) is 13.2 Å². The minimum absolute atomic E-state index is 0.0539. The van der Waals surface area contributed by atoms with Gasteiger partial charge in [-0.3, -0.25) is 9.59 Å². The van der Waals surface area contributed by atoms with Gasteiger partial charge in [0, 0.05) is 6.08 Å². The predicted octanol–water partition coefficient (Wildman–Crippen LogP) is 3.78. The first-order valence-electron chi connectivity index (χ1n) is 12.1. The molecule has 0 aliphatic heterocycles. The Kier molecular flexibility index (Phi) is 13.8. The van der Waals surface area contributed by atoms with Gasteiger partial charge in [-0.15, -0.1) is 0 Å². The van der Waals surface area contributed by atoms with Crippen molar-refractivity contribution >= 4 is 30.1 Å². The van der Waals surface area contributed by atoms with Gasteiger partial charge in [-0.05, 0) is 49.3 Å². The van der Waals surface area contributed by atoms with E-state index in [4.69, 9.17) is 14.2 Å². The van der Waals surface area contributed by atoms with E-state index < -0.39 is 35.8 Å². The normalized spacial score (nSPS) is 19.3. The Morgan fingerprint density at radius 2 is 1.77 bits per heavy atom. The van der Waals surface area contributed by atoms with E-state index in [0.717, 1.165) is 29.4 Å². The topological polar surface area (TPSA) is 99.1 Å². The SMILES string of the molecule is C=CC(=O)OCC(COc1ccc(=C/C=C\C)/c(=C\C)c1)OC(=O)C1CCCCC1C(=O)O.CC. The molecule has 0 radical (unpaired) electrons. The van der Waals surface area contributed by atoms with Crippen molar-refractivity contribution in [1.82, 2.24) is 0 Å². The zero-order valence-electron chi connectivity index (χ0n) is 21.2. The number of hydrogen-bond donors (Lipinski definition) is 1. The van der Waals surface area contributed by atoms with Gasteiger partial charge in [-0.1, -0.05) is 63.6 Å². The maximum absolute atomic E-state index is 12.8. The average molecular weight is 487 g/mol. The summed E-state index contributed by atoms with van der Waals surface area (Å²) in [5.41, 5.74) is 0. The minimum atomic E-state index is -0.999. The number of esters is 2. The first kappa shape index (κ1) is 29.7. The molecular formula is C28H38O7. The molecule has 0 amide bonds. The standard InChI is InChI=1S/C26H32O7.C2H6/c1-4-7-10-19-13-14-20(15-18(19)5-2)31-16-21(17-32-24(27)6-3)33-26(30)23-12-9-8-11-22(23)25(28)29;1-2/h4-7,10,13-15,21-23H,3,8-9,11-12,16-17H2,1-2H3,(H,28,29);1-2H3/b7-4-,18-5-,19-10-;. The molecule has 0 bridgehead atoms. The summed E-state index contributed by atoms with van der Waals surface area (Å²) in [6, 6.07) is 5.59. The Labute approximate surface area is 207 Å². The molecule has 1 N–H and O–H groups in total. The summed E-state index contributed by atoms with van der Waals surface area (Å²) in [7, 11) is 0. The fourth-order valence-electron chi connectivity index (χ4n) is 3.74. The van der Waals surface area contributed by atoms with Gasteiger partial charge in [-0.2, -0.15) is 0 Å². The summed E-state index contributed by atoms with van der Waals surface area (Å²) in [5, 5.41) is 11.5. The second-order valence-electron chi connectivity index (χ2n) is 7.81.